The van der Waals surface area contributed by atoms with E-state index < -0.39 is 12.3 Å². The van der Waals surface area contributed by atoms with Crippen LogP contribution in [0.25, 0.3) is 0 Å². The number of rotatable bonds is 4. The highest BCUT2D eigenvalue weighted by Gasteiger charge is 2.31. The fourth-order valence-corrected chi connectivity index (χ4v) is 2.56. The molecule has 1 aromatic carbocycles. The molecule has 1 N–H and O–H groups in total. The molecule has 9 heteroatoms. The monoisotopic (exact) mass is 355 g/mol. The number of aromatic nitrogens is 2. The van der Waals surface area contributed by atoms with Crippen LogP contribution in [0.15, 0.2) is 36.7 Å². The van der Waals surface area contributed by atoms with Crippen molar-refractivity contribution in [1.29, 1.82) is 0 Å². The van der Waals surface area contributed by atoms with Crippen molar-refractivity contribution in [3.05, 3.63) is 42.2 Å². The van der Waals surface area contributed by atoms with Gasteiger partial charge in [0.05, 0.1) is 17.9 Å². The minimum atomic E-state index is -4.76. The molecule has 0 radical (unpaired) electrons. The highest BCUT2D eigenvalue weighted by molar-refractivity contribution is 6.04. The molecule has 6 nitrogen and oxygen atoms in total. The Morgan fingerprint density at radius 2 is 1.92 bits per heavy atom. The molecule has 0 aliphatic carbocycles. The van der Waals surface area contributed by atoms with Crippen molar-refractivity contribution in [1.82, 2.24) is 9.78 Å². The van der Waals surface area contributed by atoms with E-state index in [1.165, 1.54) is 18.3 Å². The normalized spacial score (nSPS) is 15.8. The third-order valence-electron chi connectivity index (χ3n) is 3.77. The summed E-state index contributed by atoms with van der Waals surface area (Å²) < 4.78 is 47.2. The molecule has 0 atom stereocenters. The molecule has 1 aromatic heterocycles. The average Bonchev–Trinajstić information content (AvgIpc) is 3.03. The van der Waals surface area contributed by atoms with Gasteiger partial charge >= 0.3 is 6.36 Å². The van der Waals surface area contributed by atoms with E-state index in [1.807, 2.05) is 0 Å². The van der Waals surface area contributed by atoms with Gasteiger partial charge < -0.3 is 14.8 Å². The Hall–Kier alpha value is -2.55. The first-order valence-electron chi connectivity index (χ1n) is 7.70. The second-order valence-electron chi connectivity index (χ2n) is 5.58. The van der Waals surface area contributed by atoms with E-state index in [0.717, 1.165) is 25.0 Å². The van der Waals surface area contributed by atoms with Crippen LogP contribution in [0.3, 0.4) is 0 Å². The highest BCUT2D eigenvalue weighted by Crippen LogP contribution is 2.24. The Balaban J connectivity index is 1.61. The summed E-state index contributed by atoms with van der Waals surface area (Å²) in [7, 11) is 0. The van der Waals surface area contributed by atoms with Gasteiger partial charge in [0, 0.05) is 25.0 Å². The number of carbonyl (C=O) groups is 1. The van der Waals surface area contributed by atoms with Crippen LogP contribution in [-0.2, 0) is 4.74 Å². The predicted octanol–water partition coefficient (Wildman–Crippen LogP) is 3.39. The molecule has 1 aliphatic rings. The molecule has 2 aromatic rings. The Morgan fingerprint density at radius 1 is 1.24 bits per heavy atom. The maximum absolute atomic E-state index is 12.2. The van der Waals surface area contributed by atoms with Crippen molar-refractivity contribution >= 4 is 11.6 Å². The number of nitrogens with zero attached hydrogens (tertiary/aromatic N) is 2. The summed E-state index contributed by atoms with van der Waals surface area (Å²) in [6.45, 7) is 1.36. The zero-order valence-corrected chi connectivity index (χ0v) is 13.1. The lowest BCUT2D eigenvalue weighted by Gasteiger charge is -2.22. The van der Waals surface area contributed by atoms with Gasteiger partial charge in [-0.3, -0.25) is 9.48 Å². The topological polar surface area (TPSA) is 65.4 Å². The van der Waals surface area contributed by atoms with Crippen molar-refractivity contribution in [3.63, 3.8) is 0 Å². The van der Waals surface area contributed by atoms with Crippen LogP contribution >= 0.6 is 0 Å². The third-order valence-corrected chi connectivity index (χ3v) is 3.77. The largest absolute Gasteiger partial charge is 0.573 e. The van der Waals surface area contributed by atoms with E-state index in [-0.39, 0.29) is 17.4 Å². The Morgan fingerprint density at radius 3 is 2.56 bits per heavy atom. The van der Waals surface area contributed by atoms with Crippen molar-refractivity contribution in [3.8, 4) is 5.75 Å². The van der Waals surface area contributed by atoms with Gasteiger partial charge in [-0.1, -0.05) is 0 Å². The summed E-state index contributed by atoms with van der Waals surface area (Å²) in [4.78, 5) is 12.2. The maximum Gasteiger partial charge on any atom is 0.573 e. The number of amides is 1. The van der Waals surface area contributed by atoms with Crippen molar-refractivity contribution < 1.29 is 27.4 Å². The van der Waals surface area contributed by atoms with Crippen LogP contribution < -0.4 is 10.1 Å². The summed E-state index contributed by atoms with van der Waals surface area (Å²) >= 11 is 0. The lowest BCUT2D eigenvalue weighted by atomic mass is 10.1. The summed E-state index contributed by atoms with van der Waals surface area (Å²) in [5.41, 5.74) is 0.737. The van der Waals surface area contributed by atoms with Crippen molar-refractivity contribution in [2.75, 3.05) is 18.5 Å². The van der Waals surface area contributed by atoms with E-state index >= 15 is 0 Å². The van der Waals surface area contributed by atoms with Crippen LogP contribution in [0.1, 0.15) is 29.2 Å². The molecule has 134 valence electrons. The summed E-state index contributed by atoms with van der Waals surface area (Å²) in [6.07, 6.45) is 0.220. The first-order chi connectivity index (χ1) is 11.9. The molecule has 0 unspecified atom stereocenters. The number of alkyl halides is 3. The number of nitrogens with one attached hydrogen (secondary N) is 1. The zero-order chi connectivity index (χ0) is 17.9. The molecule has 25 heavy (non-hydrogen) atoms. The van der Waals surface area contributed by atoms with Crippen LogP contribution in [0.4, 0.5) is 18.9 Å². The van der Waals surface area contributed by atoms with Crippen LogP contribution in [0, 0.1) is 0 Å². The fraction of sp³-hybridized carbons (Fsp3) is 0.375. The maximum atomic E-state index is 12.2. The molecule has 1 fully saturated rings. The fourth-order valence-electron chi connectivity index (χ4n) is 2.56. The lowest BCUT2D eigenvalue weighted by Crippen LogP contribution is -2.19. The number of halogens is 3. The molecule has 0 saturated carbocycles. The second kappa shape index (κ2) is 7.14. The Bertz CT molecular complexity index is 722. The van der Waals surface area contributed by atoms with Crippen molar-refractivity contribution in [2.45, 2.75) is 25.2 Å². The van der Waals surface area contributed by atoms with E-state index in [0.29, 0.717) is 18.9 Å². The van der Waals surface area contributed by atoms with E-state index in [4.69, 9.17) is 4.74 Å². The Kier molecular flexibility index (Phi) is 4.93. The molecule has 0 spiro atoms. The van der Waals surface area contributed by atoms with Crippen LogP contribution in [-0.4, -0.2) is 35.3 Å². The summed E-state index contributed by atoms with van der Waals surface area (Å²) in [5, 5.41) is 6.91. The minimum Gasteiger partial charge on any atom is -0.406 e. The third kappa shape index (κ3) is 4.72. The van der Waals surface area contributed by atoms with E-state index in [1.54, 1.807) is 10.9 Å². The van der Waals surface area contributed by atoms with Gasteiger partial charge in [-0.15, -0.1) is 13.2 Å². The number of carbonyl (C=O) groups excluding carboxylic acids is 1. The first-order valence-corrected chi connectivity index (χ1v) is 7.70. The molecule has 1 amide bonds. The molecule has 0 bridgehead atoms. The summed E-state index contributed by atoms with van der Waals surface area (Å²) in [6, 6.07) is 4.94. The zero-order valence-electron chi connectivity index (χ0n) is 13.1. The van der Waals surface area contributed by atoms with E-state index in [2.05, 4.69) is 15.2 Å². The van der Waals surface area contributed by atoms with Crippen LogP contribution in [0.2, 0.25) is 0 Å². The Labute approximate surface area is 141 Å². The average molecular weight is 355 g/mol. The molecule has 1 aliphatic heterocycles. The number of benzene rings is 1. The summed E-state index contributed by atoms with van der Waals surface area (Å²) in [5.74, 6) is -0.818. The predicted molar refractivity (Wildman–Crippen MR) is 82.4 cm³/mol. The second-order valence-corrected chi connectivity index (χ2v) is 5.58. The highest BCUT2D eigenvalue weighted by atomic mass is 19.4. The standard InChI is InChI=1S/C16H16F3N3O3/c17-16(18,19)25-14-3-1-11(2-4-14)15(23)21-12-9-20-22(10-12)13-5-7-24-8-6-13/h1-4,9-10,13H,5-8H2,(H,21,23). The van der Waals surface area contributed by atoms with Crippen molar-refractivity contribution in [2.24, 2.45) is 0 Å². The SMILES string of the molecule is O=C(Nc1cnn(C2CCOCC2)c1)c1ccc(OC(F)(F)F)cc1. The minimum absolute atomic E-state index is 0.216. The van der Waals surface area contributed by atoms with E-state index in [9.17, 15) is 18.0 Å². The van der Waals surface area contributed by atoms with Gasteiger partial charge in [-0.2, -0.15) is 5.10 Å². The smallest absolute Gasteiger partial charge is 0.406 e. The molecule has 2 heterocycles. The van der Waals surface area contributed by atoms with Gasteiger partial charge in [-0.25, -0.2) is 0 Å². The van der Waals surface area contributed by atoms with Gasteiger partial charge in [0.2, 0.25) is 0 Å². The number of ether oxygens (including phenoxy) is 2. The van der Waals surface area contributed by atoms with Gasteiger partial charge in [0.1, 0.15) is 5.75 Å². The number of anilines is 1. The molecule has 3 rings (SSSR count). The first kappa shape index (κ1) is 17.3. The molecular weight excluding hydrogens is 339 g/mol. The quantitative estimate of drug-likeness (QED) is 0.913. The van der Waals surface area contributed by atoms with Gasteiger partial charge in [-0.05, 0) is 37.1 Å². The van der Waals surface area contributed by atoms with Gasteiger partial charge in [0.15, 0.2) is 0 Å². The molecular formula is C16H16F3N3O3. The number of hydrogen-bond donors (Lipinski definition) is 1. The van der Waals surface area contributed by atoms with Gasteiger partial charge in [0.25, 0.3) is 5.91 Å². The lowest BCUT2D eigenvalue weighted by molar-refractivity contribution is -0.274. The number of hydrogen-bond acceptors (Lipinski definition) is 4. The van der Waals surface area contributed by atoms with Crippen LogP contribution in [0.5, 0.6) is 5.75 Å². The molecule has 1 saturated heterocycles.